The number of ether oxygens (including phenoxy) is 2. The first kappa shape index (κ1) is 39.4. The largest absolute Gasteiger partial charge is 0.507 e. The molecule has 0 heterocycles. The van der Waals surface area contributed by atoms with Gasteiger partial charge in [0.25, 0.3) is 0 Å². The second-order valence-electron chi connectivity index (χ2n) is 13.6. The highest BCUT2D eigenvalue weighted by molar-refractivity contribution is 7.98. The molecule has 0 radical (unpaired) electrons. The fourth-order valence-electron chi connectivity index (χ4n) is 4.86. The van der Waals surface area contributed by atoms with E-state index < -0.39 is 53.2 Å². The summed E-state index contributed by atoms with van der Waals surface area (Å²) in [6, 6.07) is 10.8. The number of nitrogens with one attached hydrogen (secondary N) is 2. The number of aryl methyl sites for hydroxylation is 1. The number of aromatic hydroxyl groups is 1. The Morgan fingerprint density at radius 2 is 1.53 bits per heavy atom. The highest BCUT2D eigenvalue weighted by Crippen LogP contribution is 2.33. The third kappa shape index (κ3) is 13.1. The molecule has 0 saturated heterocycles. The summed E-state index contributed by atoms with van der Waals surface area (Å²) in [5.41, 5.74) is -0.0790. The number of alkyl carbamates (subject to hydrolysis) is 1. The zero-order valence-corrected chi connectivity index (χ0v) is 30.2. The van der Waals surface area contributed by atoms with Crippen LogP contribution in [0.4, 0.5) is 4.79 Å². The summed E-state index contributed by atoms with van der Waals surface area (Å²) in [6.07, 6.45) is 2.83. The van der Waals surface area contributed by atoms with Crippen molar-refractivity contribution in [3.05, 3.63) is 65.2 Å². The molecule has 3 amide bonds. The Bertz CT molecular complexity index is 1340. The topological polar surface area (TPSA) is 134 Å². The Kier molecular flexibility index (Phi) is 15.1. The van der Waals surface area contributed by atoms with Crippen LogP contribution in [0.5, 0.6) is 5.75 Å². The van der Waals surface area contributed by atoms with Crippen molar-refractivity contribution in [3.63, 3.8) is 0 Å². The maximum absolute atomic E-state index is 14.5. The van der Waals surface area contributed by atoms with Gasteiger partial charge in [-0.25, -0.2) is 9.59 Å². The molecule has 0 bridgehead atoms. The smallest absolute Gasteiger partial charge is 0.408 e. The minimum Gasteiger partial charge on any atom is -0.507 e. The van der Waals surface area contributed by atoms with E-state index in [4.69, 9.17) is 9.47 Å². The van der Waals surface area contributed by atoms with Gasteiger partial charge in [-0.3, -0.25) is 9.59 Å². The third-order valence-corrected chi connectivity index (χ3v) is 7.69. The number of nitrogens with zero attached hydrogens (tertiary/aromatic N) is 1. The molecular weight excluding hydrogens is 618 g/mol. The molecule has 3 atom stereocenters. The lowest BCUT2D eigenvalue weighted by Gasteiger charge is -2.35. The minimum absolute atomic E-state index is 0.139. The first-order valence-corrected chi connectivity index (χ1v) is 17.5. The predicted molar refractivity (Wildman–Crippen MR) is 186 cm³/mol. The van der Waals surface area contributed by atoms with Crippen LogP contribution in [0.3, 0.4) is 0 Å². The van der Waals surface area contributed by atoms with Crippen molar-refractivity contribution in [2.45, 2.75) is 110 Å². The Morgan fingerprint density at radius 1 is 0.894 bits per heavy atom. The number of phenols is 1. The van der Waals surface area contributed by atoms with Crippen molar-refractivity contribution in [1.82, 2.24) is 15.5 Å². The van der Waals surface area contributed by atoms with E-state index in [0.717, 1.165) is 5.56 Å². The highest BCUT2D eigenvalue weighted by atomic mass is 32.2. The summed E-state index contributed by atoms with van der Waals surface area (Å²) in [5.74, 6) is -1.38. The number of hydrogen-bond donors (Lipinski definition) is 3. The monoisotopic (exact) mass is 671 g/mol. The molecule has 0 fully saturated rings. The van der Waals surface area contributed by atoms with Gasteiger partial charge in [0, 0.05) is 18.5 Å². The van der Waals surface area contributed by atoms with Gasteiger partial charge in [0.05, 0.1) is 0 Å². The van der Waals surface area contributed by atoms with Gasteiger partial charge in [-0.2, -0.15) is 11.8 Å². The fourth-order valence-corrected chi connectivity index (χ4v) is 5.33. The first-order chi connectivity index (χ1) is 22.0. The number of para-hydroxylation sites is 1. The SMILES string of the molecule is CCCCN(C(=O)C(CCSC)NC(=O)OC(C)(C)C)C(C(=O)NC(Cc1ccccc1)C(=O)OC(C)(C)C)c1cccc(C)c1O. The minimum atomic E-state index is -1.33. The number of phenolic OH excluding ortho intramolecular Hbond substituents is 1. The van der Waals surface area contributed by atoms with E-state index in [0.29, 0.717) is 24.2 Å². The Labute approximate surface area is 284 Å². The first-order valence-electron chi connectivity index (χ1n) is 16.1. The number of unbranched alkanes of at least 4 members (excludes halogenated alkanes) is 1. The van der Waals surface area contributed by atoms with E-state index in [2.05, 4.69) is 10.6 Å². The van der Waals surface area contributed by atoms with E-state index >= 15 is 0 Å². The Balaban J connectivity index is 2.65. The van der Waals surface area contributed by atoms with Crippen LogP contribution in [-0.2, 0) is 30.3 Å². The number of esters is 1. The molecule has 0 aliphatic carbocycles. The Hall–Kier alpha value is -3.73. The van der Waals surface area contributed by atoms with E-state index in [1.807, 2.05) is 43.5 Å². The summed E-state index contributed by atoms with van der Waals surface area (Å²) >= 11 is 1.52. The number of carbonyl (C=O) groups is 4. The van der Waals surface area contributed by atoms with Crippen LogP contribution in [0.25, 0.3) is 0 Å². The molecule has 2 aromatic rings. The van der Waals surface area contributed by atoms with Crippen molar-refractivity contribution in [1.29, 1.82) is 0 Å². The average molecular weight is 672 g/mol. The van der Waals surface area contributed by atoms with E-state index in [9.17, 15) is 24.3 Å². The lowest BCUT2D eigenvalue weighted by Crippen LogP contribution is -2.55. The number of carbonyl (C=O) groups excluding carboxylic acids is 4. The maximum Gasteiger partial charge on any atom is 0.408 e. The average Bonchev–Trinajstić information content (AvgIpc) is 2.97. The van der Waals surface area contributed by atoms with Crippen molar-refractivity contribution < 1.29 is 33.8 Å². The fraction of sp³-hybridized carbons (Fsp3) is 0.556. The molecule has 3 unspecified atom stereocenters. The van der Waals surface area contributed by atoms with E-state index in [1.54, 1.807) is 66.7 Å². The number of benzene rings is 2. The van der Waals surface area contributed by atoms with Gasteiger partial charge in [-0.15, -0.1) is 0 Å². The van der Waals surface area contributed by atoms with Crippen LogP contribution in [-0.4, -0.2) is 75.7 Å². The standard InChI is InChI=1S/C36H53N3O7S/c1-10-11-21-39(32(42)27(20-22-47-9)38-34(44)46-36(6,7)8)29(26-19-15-16-24(2)30(26)40)31(41)37-28(33(43)45-35(3,4)5)23-25-17-13-12-14-18-25/h12-19,27-29,40H,10-11,20-23H2,1-9H3,(H,37,41)(H,38,44). The van der Waals surface area contributed by atoms with Crippen molar-refractivity contribution in [2.24, 2.45) is 0 Å². The highest BCUT2D eigenvalue weighted by Gasteiger charge is 2.39. The number of thioether (sulfide) groups is 1. The molecule has 0 saturated carbocycles. The zero-order valence-electron chi connectivity index (χ0n) is 29.3. The summed E-state index contributed by atoms with van der Waals surface area (Å²) < 4.78 is 11.2. The quantitative estimate of drug-likeness (QED) is 0.194. The molecular formula is C36H53N3O7S. The van der Waals surface area contributed by atoms with Gasteiger partial charge in [0.2, 0.25) is 11.8 Å². The zero-order chi connectivity index (χ0) is 35.4. The van der Waals surface area contributed by atoms with Crippen LogP contribution >= 0.6 is 11.8 Å². The Morgan fingerprint density at radius 3 is 2.11 bits per heavy atom. The van der Waals surface area contributed by atoms with E-state index in [1.165, 1.54) is 16.7 Å². The summed E-state index contributed by atoms with van der Waals surface area (Å²) in [5, 5.41) is 16.8. The second-order valence-corrected chi connectivity index (χ2v) is 14.6. The summed E-state index contributed by atoms with van der Waals surface area (Å²) in [6.45, 7) is 14.3. The van der Waals surface area contributed by atoms with Gasteiger partial charge < -0.3 is 30.1 Å². The van der Waals surface area contributed by atoms with Gasteiger partial charge in [-0.1, -0.05) is 61.9 Å². The molecule has 3 N–H and O–H groups in total. The maximum atomic E-state index is 14.5. The van der Waals surface area contributed by atoms with Crippen molar-refractivity contribution in [3.8, 4) is 5.75 Å². The van der Waals surface area contributed by atoms with Gasteiger partial charge in [0.15, 0.2) is 0 Å². The van der Waals surface area contributed by atoms with E-state index in [-0.39, 0.29) is 30.7 Å². The number of amides is 3. The van der Waals surface area contributed by atoms with Gasteiger partial charge in [-0.05, 0) is 84.4 Å². The molecule has 2 aromatic carbocycles. The summed E-state index contributed by atoms with van der Waals surface area (Å²) in [7, 11) is 0. The molecule has 10 nitrogen and oxygen atoms in total. The van der Waals surface area contributed by atoms with Crippen LogP contribution in [0.2, 0.25) is 0 Å². The molecule has 0 aromatic heterocycles. The predicted octanol–water partition coefficient (Wildman–Crippen LogP) is 6.09. The number of rotatable bonds is 15. The molecule has 2 rings (SSSR count). The van der Waals surface area contributed by atoms with Crippen LogP contribution in [0, 0.1) is 6.92 Å². The number of hydrogen-bond acceptors (Lipinski definition) is 8. The molecule has 0 aliphatic heterocycles. The molecule has 11 heteroatoms. The van der Waals surface area contributed by atoms with Crippen LogP contribution in [0.15, 0.2) is 48.5 Å². The third-order valence-electron chi connectivity index (χ3n) is 7.05. The molecule has 47 heavy (non-hydrogen) atoms. The normalized spacial score (nSPS) is 13.6. The molecule has 0 aliphatic rings. The molecule has 260 valence electrons. The van der Waals surface area contributed by atoms with Crippen LogP contribution < -0.4 is 10.6 Å². The van der Waals surface area contributed by atoms with Crippen molar-refractivity contribution in [2.75, 3.05) is 18.6 Å². The lowest BCUT2D eigenvalue weighted by atomic mass is 9.97. The molecule has 0 spiro atoms. The second kappa shape index (κ2) is 18.0. The lowest BCUT2D eigenvalue weighted by molar-refractivity contribution is -0.159. The van der Waals surface area contributed by atoms with Crippen LogP contribution in [0.1, 0.15) is 90.5 Å². The van der Waals surface area contributed by atoms with Crippen molar-refractivity contribution >= 4 is 35.6 Å². The summed E-state index contributed by atoms with van der Waals surface area (Å²) in [4.78, 5) is 56.7. The van der Waals surface area contributed by atoms with Gasteiger partial charge in [0.1, 0.15) is 35.1 Å². The van der Waals surface area contributed by atoms with Gasteiger partial charge >= 0.3 is 12.1 Å².